The second-order valence-electron chi connectivity index (χ2n) is 2.20. The highest BCUT2D eigenvalue weighted by molar-refractivity contribution is 6.31. The minimum absolute atomic E-state index is 0.579. The molecule has 0 bridgehead atoms. The Morgan fingerprint density at radius 2 is 2.42 bits per heavy atom. The summed E-state index contributed by atoms with van der Waals surface area (Å²) < 4.78 is 0. The van der Waals surface area contributed by atoms with Crippen molar-refractivity contribution in [2.24, 2.45) is 5.73 Å². The van der Waals surface area contributed by atoms with Crippen LogP contribution < -0.4 is 5.73 Å². The fourth-order valence-electron chi connectivity index (χ4n) is 0.706. The van der Waals surface area contributed by atoms with Crippen molar-refractivity contribution in [1.29, 1.82) is 0 Å². The van der Waals surface area contributed by atoms with E-state index in [-0.39, 0.29) is 0 Å². The lowest BCUT2D eigenvalue weighted by Crippen LogP contribution is -1.95. The van der Waals surface area contributed by atoms with Crippen LogP contribution in [0.15, 0.2) is 18.5 Å². The molecule has 0 aliphatic carbocycles. The van der Waals surface area contributed by atoms with Crippen LogP contribution in [0.2, 0.25) is 5.02 Å². The lowest BCUT2D eigenvalue weighted by Gasteiger charge is -1.91. The van der Waals surface area contributed by atoms with Gasteiger partial charge in [0.05, 0.1) is 5.02 Å². The zero-order chi connectivity index (χ0) is 8.81. The highest BCUT2D eigenvalue weighted by Crippen LogP contribution is 2.11. The van der Waals surface area contributed by atoms with Crippen molar-refractivity contribution in [1.82, 2.24) is 4.98 Å². The molecule has 0 radical (unpaired) electrons. The first-order valence-corrected chi connectivity index (χ1v) is 4.01. The number of aromatic nitrogens is 1. The quantitative estimate of drug-likeness (QED) is 0.665. The third kappa shape index (κ3) is 2.54. The average Bonchev–Trinajstić information content (AvgIpc) is 2.09. The molecule has 0 fully saturated rings. The predicted octanol–water partition coefficient (Wildman–Crippen LogP) is 1.44. The molecule has 0 amide bonds. The number of nitrogens with two attached hydrogens (primary N) is 1. The Morgan fingerprint density at radius 1 is 1.58 bits per heavy atom. The van der Waals surface area contributed by atoms with Crippen LogP contribution in [0.5, 0.6) is 0 Å². The molecule has 0 unspecified atom stereocenters. The standard InChI is InChI=1S/C9H9ClN2/c10-9-7-12-6-4-8(9)3-1-2-5-11/h4,6-7H,2,5,11H2. The normalized spacial score (nSPS) is 8.83. The maximum Gasteiger partial charge on any atom is 0.0745 e. The Labute approximate surface area is 76.8 Å². The Kier molecular flexibility index (Phi) is 3.59. The SMILES string of the molecule is NCCC#Cc1ccncc1Cl. The molecule has 12 heavy (non-hydrogen) atoms. The van der Waals surface area contributed by atoms with Crippen LogP contribution >= 0.6 is 11.6 Å². The molecule has 0 aromatic carbocycles. The van der Waals surface area contributed by atoms with Crippen LogP contribution in [0.1, 0.15) is 12.0 Å². The molecule has 62 valence electrons. The molecule has 1 heterocycles. The fraction of sp³-hybridized carbons (Fsp3) is 0.222. The maximum absolute atomic E-state index is 5.81. The molecule has 2 N–H and O–H groups in total. The largest absolute Gasteiger partial charge is 0.330 e. The van der Waals surface area contributed by atoms with E-state index in [1.54, 1.807) is 18.5 Å². The molecule has 0 aliphatic rings. The van der Waals surface area contributed by atoms with E-state index < -0.39 is 0 Å². The minimum Gasteiger partial charge on any atom is -0.330 e. The zero-order valence-electron chi connectivity index (χ0n) is 6.55. The van der Waals surface area contributed by atoms with E-state index in [1.807, 2.05) is 0 Å². The number of pyridine rings is 1. The molecule has 0 saturated heterocycles. The van der Waals surface area contributed by atoms with Gasteiger partial charge in [0.15, 0.2) is 0 Å². The van der Waals surface area contributed by atoms with Gasteiger partial charge in [-0.05, 0) is 6.07 Å². The maximum atomic E-state index is 5.81. The second kappa shape index (κ2) is 4.76. The minimum atomic E-state index is 0.579. The van der Waals surface area contributed by atoms with Gasteiger partial charge in [-0.1, -0.05) is 23.4 Å². The zero-order valence-corrected chi connectivity index (χ0v) is 7.30. The van der Waals surface area contributed by atoms with Crippen molar-refractivity contribution in [2.75, 3.05) is 6.54 Å². The Balaban J connectivity index is 2.77. The summed E-state index contributed by atoms with van der Waals surface area (Å²) in [5, 5.41) is 0.585. The highest BCUT2D eigenvalue weighted by Gasteiger charge is 1.92. The van der Waals surface area contributed by atoms with Crippen LogP contribution in [0.25, 0.3) is 0 Å². The Hall–Kier alpha value is -1.04. The Morgan fingerprint density at radius 3 is 3.08 bits per heavy atom. The summed E-state index contributed by atoms with van der Waals surface area (Å²) in [7, 11) is 0. The van der Waals surface area contributed by atoms with E-state index in [9.17, 15) is 0 Å². The third-order valence-corrected chi connectivity index (χ3v) is 1.57. The first kappa shape index (κ1) is 9.05. The van der Waals surface area contributed by atoms with Crippen LogP contribution in [0.4, 0.5) is 0 Å². The molecule has 1 aromatic rings. The molecule has 0 atom stereocenters. The van der Waals surface area contributed by atoms with Crippen molar-refractivity contribution < 1.29 is 0 Å². The lowest BCUT2D eigenvalue weighted by molar-refractivity contribution is 1.03. The van der Waals surface area contributed by atoms with Gasteiger partial charge in [-0.3, -0.25) is 4.98 Å². The van der Waals surface area contributed by atoms with Crippen molar-refractivity contribution in [2.45, 2.75) is 6.42 Å². The van der Waals surface area contributed by atoms with E-state index in [0.29, 0.717) is 18.0 Å². The van der Waals surface area contributed by atoms with Crippen LogP contribution in [0, 0.1) is 11.8 Å². The molecule has 3 heteroatoms. The van der Waals surface area contributed by atoms with Crippen molar-refractivity contribution >= 4 is 11.6 Å². The van der Waals surface area contributed by atoms with Gasteiger partial charge in [0.25, 0.3) is 0 Å². The number of hydrogen-bond acceptors (Lipinski definition) is 2. The summed E-state index contributed by atoms with van der Waals surface area (Å²) in [4.78, 5) is 3.85. The Bertz CT molecular complexity index is 312. The van der Waals surface area contributed by atoms with Crippen LogP contribution in [0.3, 0.4) is 0 Å². The fourth-order valence-corrected chi connectivity index (χ4v) is 0.873. The molecule has 2 nitrogen and oxygen atoms in total. The highest BCUT2D eigenvalue weighted by atomic mass is 35.5. The molecule has 1 aromatic heterocycles. The molecule has 0 spiro atoms. The number of halogens is 1. The molecule has 0 aliphatic heterocycles. The van der Waals surface area contributed by atoms with Gasteiger partial charge in [0.1, 0.15) is 0 Å². The van der Waals surface area contributed by atoms with Gasteiger partial charge in [0, 0.05) is 30.9 Å². The lowest BCUT2D eigenvalue weighted by atomic mass is 10.2. The summed E-state index contributed by atoms with van der Waals surface area (Å²) in [6.07, 6.45) is 3.94. The third-order valence-electron chi connectivity index (χ3n) is 1.26. The van der Waals surface area contributed by atoms with Gasteiger partial charge in [0.2, 0.25) is 0 Å². The van der Waals surface area contributed by atoms with Crippen molar-refractivity contribution in [3.63, 3.8) is 0 Å². The summed E-state index contributed by atoms with van der Waals surface area (Å²) in [5.74, 6) is 5.82. The van der Waals surface area contributed by atoms with Crippen LogP contribution in [-0.4, -0.2) is 11.5 Å². The number of nitrogens with zero attached hydrogens (tertiary/aromatic N) is 1. The van der Waals surface area contributed by atoms with Gasteiger partial charge in [-0.25, -0.2) is 0 Å². The summed E-state index contributed by atoms with van der Waals surface area (Å²) in [6, 6.07) is 1.78. The first-order chi connectivity index (χ1) is 5.84. The van der Waals surface area contributed by atoms with E-state index in [1.165, 1.54) is 0 Å². The molecule has 0 saturated carbocycles. The van der Waals surface area contributed by atoms with Crippen LogP contribution in [-0.2, 0) is 0 Å². The molecular formula is C9H9ClN2. The molecule has 1 rings (SSSR count). The van der Waals surface area contributed by atoms with Crippen molar-refractivity contribution in [3.05, 3.63) is 29.0 Å². The topological polar surface area (TPSA) is 38.9 Å². The number of rotatable bonds is 1. The second-order valence-corrected chi connectivity index (χ2v) is 2.60. The van der Waals surface area contributed by atoms with Gasteiger partial charge >= 0.3 is 0 Å². The van der Waals surface area contributed by atoms with E-state index in [4.69, 9.17) is 17.3 Å². The first-order valence-electron chi connectivity index (χ1n) is 3.63. The smallest absolute Gasteiger partial charge is 0.0745 e. The van der Waals surface area contributed by atoms with E-state index >= 15 is 0 Å². The van der Waals surface area contributed by atoms with Crippen molar-refractivity contribution in [3.8, 4) is 11.8 Å². The summed E-state index contributed by atoms with van der Waals surface area (Å²) in [6.45, 7) is 0.579. The predicted molar refractivity (Wildman–Crippen MR) is 49.8 cm³/mol. The van der Waals surface area contributed by atoms with E-state index in [0.717, 1.165) is 5.56 Å². The van der Waals surface area contributed by atoms with Gasteiger partial charge in [-0.2, -0.15) is 0 Å². The molecular weight excluding hydrogens is 172 g/mol. The summed E-state index contributed by atoms with van der Waals surface area (Å²) >= 11 is 5.81. The van der Waals surface area contributed by atoms with Gasteiger partial charge < -0.3 is 5.73 Å². The monoisotopic (exact) mass is 180 g/mol. The number of hydrogen-bond donors (Lipinski definition) is 1. The van der Waals surface area contributed by atoms with Gasteiger partial charge in [-0.15, -0.1) is 0 Å². The summed E-state index contributed by atoms with van der Waals surface area (Å²) in [5.41, 5.74) is 6.09. The average molecular weight is 181 g/mol. The van der Waals surface area contributed by atoms with E-state index in [2.05, 4.69) is 16.8 Å².